The Labute approximate surface area is 242 Å². The van der Waals surface area contributed by atoms with Crippen molar-refractivity contribution in [3.63, 3.8) is 0 Å². The minimum absolute atomic E-state index is 0.0365. The predicted octanol–water partition coefficient (Wildman–Crippen LogP) is 11.1. The molecule has 1 nitrogen and oxygen atoms in total. The van der Waals surface area contributed by atoms with Crippen LogP contribution in [0.25, 0.3) is 69.9 Å². The molecular formula is C39H27NS. The number of rotatable bonds is 2. The van der Waals surface area contributed by atoms with Gasteiger partial charge in [0.2, 0.25) is 0 Å². The molecule has 0 amide bonds. The number of aromatic nitrogens is 1. The smallest absolute Gasteiger partial charge is 0.0720 e. The molecule has 0 radical (unpaired) electrons. The van der Waals surface area contributed by atoms with Crippen molar-refractivity contribution in [1.29, 1.82) is 0 Å². The van der Waals surface area contributed by atoms with Crippen LogP contribution in [0.4, 0.5) is 0 Å². The van der Waals surface area contributed by atoms with Gasteiger partial charge in [0.25, 0.3) is 0 Å². The van der Waals surface area contributed by atoms with Crippen LogP contribution < -0.4 is 0 Å². The minimum Gasteiger partial charge on any atom is -0.308 e. The average molecular weight is 542 g/mol. The van der Waals surface area contributed by atoms with Crippen LogP contribution in [0, 0.1) is 0 Å². The van der Waals surface area contributed by atoms with Crippen molar-refractivity contribution in [1.82, 2.24) is 4.57 Å². The van der Waals surface area contributed by atoms with Crippen molar-refractivity contribution < 1.29 is 0 Å². The van der Waals surface area contributed by atoms with Crippen molar-refractivity contribution in [2.24, 2.45) is 0 Å². The van der Waals surface area contributed by atoms with E-state index in [4.69, 9.17) is 0 Å². The highest BCUT2D eigenvalue weighted by atomic mass is 32.1. The quantitative estimate of drug-likeness (QED) is 0.205. The summed E-state index contributed by atoms with van der Waals surface area (Å²) in [6.45, 7) is 4.74. The number of para-hydroxylation sites is 2. The Hall–Kier alpha value is -4.66. The summed E-state index contributed by atoms with van der Waals surface area (Å²) < 4.78 is 5.14. The first-order valence-corrected chi connectivity index (χ1v) is 15.1. The van der Waals surface area contributed by atoms with Crippen LogP contribution in [0.15, 0.2) is 127 Å². The van der Waals surface area contributed by atoms with E-state index in [0.717, 1.165) is 0 Å². The molecule has 41 heavy (non-hydrogen) atoms. The Morgan fingerprint density at radius 1 is 0.561 bits per heavy atom. The summed E-state index contributed by atoms with van der Waals surface area (Å²) in [4.78, 5) is 0. The largest absolute Gasteiger partial charge is 0.308 e. The zero-order chi connectivity index (χ0) is 27.3. The number of hydrogen-bond donors (Lipinski definition) is 0. The number of hydrogen-bond acceptors (Lipinski definition) is 1. The van der Waals surface area contributed by atoms with Gasteiger partial charge in [-0.05, 0) is 69.8 Å². The summed E-state index contributed by atoms with van der Waals surface area (Å²) in [6, 6.07) is 47.1. The topological polar surface area (TPSA) is 4.93 Å². The van der Waals surface area contributed by atoms with E-state index in [-0.39, 0.29) is 5.41 Å². The lowest BCUT2D eigenvalue weighted by molar-refractivity contribution is 0.660. The van der Waals surface area contributed by atoms with Gasteiger partial charge in [-0.1, -0.05) is 105 Å². The molecule has 1 aliphatic carbocycles. The van der Waals surface area contributed by atoms with Crippen LogP contribution in [0.3, 0.4) is 0 Å². The summed E-state index contributed by atoms with van der Waals surface area (Å²) in [5, 5.41) is 5.28. The number of nitrogens with zero attached hydrogens (tertiary/aromatic N) is 1. The lowest BCUT2D eigenvalue weighted by atomic mass is 9.81. The fraction of sp³-hybridized carbons (Fsp3) is 0.0769. The van der Waals surface area contributed by atoms with Gasteiger partial charge in [0.1, 0.15) is 0 Å². The van der Waals surface area contributed by atoms with Gasteiger partial charge in [0.15, 0.2) is 0 Å². The Morgan fingerprint density at radius 2 is 1.27 bits per heavy atom. The van der Waals surface area contributed by atoms with Crippen molar-refractivity contribution in [3.8, 4) is 27.9 Å². The van der Waals surface area contributed by atoms with Crippen LogP contribution in [0.5, 0.6) is 0 Å². The number of benzene rings is 6. The third kappa shape index (κ3) is 3.06. The molecule has 0 spiro atoms. The third-order valence-corrected chi connectivity index (χ3v) is 10.4. The first-order valence-electron chi connectivity index (χ1n) is 14.3. The van der Waals surface area contributed by atoms with E-state index in [0.29, 0.717) is 0 Å². The molecule has 8 aromatic rings. The maximum atomic E-state index is 2.47. The predicted molar refractivity (Wildman–Crippen MR) is 177 cm³/mol. The van der Waals surface area contributed by atoms with Gasteiger partial charge in [0, 0.05) is 37.3 Å². The molecule has 6 aromatic carbocycles. The Kier molecular flexibility index (Phi) is 4.61. The summed E-state index contributed by atoms with van der Waals surface area (Å²) in [5.41, 5.74) is 11.9. The lowest BCUT2D eigenvalue weighted by Crippen LogP contribution is -2.14. The average Bonchev–Trinajstić information content (AvgIpc) is 3.64. The molecule has 0 unspecified atom stereocenters. The summed E-state index contributed by atoms with van der Waals surface area (Å²) >= 11 is 1.92. The van der Waals surface area contributed by atoms with E-state index in [1.54, 1.807) is 0 Å². The number of fused-ring (bicyclic) bond motifs is 10. The Bertz CT molecular complexity index is 2330. The van der Waals surface area contributed by atoms with Crippen LogP contribution in [0.2, 0.25) is 0 Å². The van der Waals surface area contributed by atoms with E-state index in [1.165, 1.54) is 81.0 Å². The Morgan fingerprint density at radius 3 is 2.15 bits per heavy atom. The second kappa shape index (κ2) is 8.19. The van der Waals surface area contributed by atoms with Gasteiger partial charge in [0.05, 0.1) is 15.7 Å². The maximum Gasteiger partial charge on any atom is 0.0720 e. The molecule has 0 N–H and O–H groups in total. The third-order valence-electron chi connectivity index (χ3n) is 9.19. The highest BCUT2D eigenvalue weighted by Crippen LogP contribution is 2.52. The zero-order valence-electron chi connectivity index (χ0n) is 23.0. The monoisotopic (exact) mass is 541 g/mol. The molecular weight excluding hydrogens is 515 g/mol. The molecule has 0 fully saturated rings. The van der Waals surface area contributed by atoms with Crippen LogP contribution >= 0.6 is 11.3 Å². The first-order chi connectivity index (χ1) is 20.1. The van der Waals surface area contributed by atoms with E-state index >= 15 is 0 Å². The van der Waals surface area contributed by atoms with Crippen molar-refractivity contribution in [3.05, 3.63) is 139 Å². The molecule has 0 bridgehead atoms. The van der Waals surface area contributed by atoms with E-state index in [9.17, 15) is 0 Å². The fourth-order valence-corrected chi connectivity index (χ4v) is 8.54. The van der Waals surface area contributed by atoms with E-state index < -0.39 is 0 Å². The molecule has 2 aromatic heterocycles. The molecule has 0 aliphatic heterocycles. The second-order valence-corrected chi connectivity index (χ2v) is 12.8. The second-order valence-electron chi connectivity index (χ2n) is 11.7. The maximum absolute atomic E-state index is 2.47. The van der Waals surface area contributed by atoms with Gasteiger partial charge in [-0.15, -0.1) is 11.3 Å². The SMILES string of the molecule is CC1(C)c2ccccc2-c2ccc(-c3cc4c5ccccc5n(-c5ccccc5)c4c4sc5ccccc5c34)cc21. The summed E-state index contributed by atoms with van der Waals surface area (Å²) in [7, 11) is 0. The van der Waals surface area contributed by atoms with Crippen molar-refractivity contribution >= 4 is 53.3 Å². The van der Waals surface area contributed by atoms with Gasteiger partial charge in [-0.3, -0.25) is 0 Å². The highest BCUT2D eigenvalue weighted by molar-refractivity contribution is 7.26. The molecule has 2 heterocycles. The Balaban J connectivity index is 1.43. The molecule has 9 rings (SSSR count). The van der Waals surface area contributed by atoms with Gasteiger partial charge in [-0.2, -0.15) is 0 Å². The van der Waals surface area contributed by atoms with Gasteiger partial charge < -0.3 is 4.57 Å². The normalized spacial score (nSPS) is 13.8. The van der Waals surface area contributed by atoms with E-state index in [1.807, 2.05) is 11.3 Å². The zero-order valence-corrected chi connectivity index (χ0v) is 23.8. The lowest BCUT2D eigenvalue weighted by Gasteiger charge is -2.22. The molecule has 0 atom stereocenters. The van der Waals surface area contributed by atoms with Crippen molar-refractivity contribution in [2.45, 2.75) is 19.3 Å². The van der Waals surface area contributed by atoms with Crippen LogP contribution in [-0.4, -0.2) is 4.57 Å². The van der Waals surface area contributed by atoms with E-state index in [2.05, 4.69) is 146 Å². The standard InChI is InChI=1S/C39H27NS/c1-39(2)32-17-9-6-14-26(32)27-21-20-24(22-33(27)39)30-23-31-28-15-7-10-18-34(28)40(25-12-4-3-5-13-25)37(31)38-36(30)29-16-8-11-19-35(29)41-38/h3-23H,1-2H3. The van der Waals surface area contributed by atoms with Gasteiger partial charge >= 0.3 is 0 Å². The fourth-order valence-electron chi connectivity index (χ4n) is 7.28. The first kappa shape index (κ1) is 23.1. The minimum atomic E-state index is -0.0365. The molecule has 194 valence electrons. The highest BCUT2D eigenvalue weighted by Gasteiger charge is 2.35. The molecule has 0 saturated carbocycles. The summed E-state index contributed by atoms with van der Waals surface area (Å²) in [6.07, 6.45) is 0. The molecule has 1 aliphatic rings. The van der Waals surface area contributed by atoms with Crippen LogP contribution in [-0.2, 0) is 5.41 Å². The number of thiophene rings is 1. The molecule has 0 saturated heterocycles. The van der Waals surface area contributed by atoms with Crippen molar-refractivity contribution in [2.75, 3.05) is 0 Å². The molecule has 2 heteroatoms. The summed E-state index contributed by atoms with van der Waals surface area (Å²) in [5.74, 6) is 0. The van der Waals surface area contributed by atoms with Crippen LogP contribution in [0.1, 0.15) is 25.0 Å². The van der Waals surface area contributed by atoms with Gasteiger partial charge in [-0.25, -0.2) is 0 Å².